The quantitative estimate of drug-likeness (QED) is 0.667. The van der Waals surface area contributed by atoms with Gasteiger partial charge in [0.05, 0.1) is 13.2 Å². The second-order valence-corrected chi connectivity index (χ2v) is 7.36. The second-order valence-electron chi connectivity index (χ2n) is 7.36. The Kier molecular flexibility index (Phi) is 4.14. The first-order valence-corrected chi connectivity index (χ1v) is 9.58. The highest BCUT2D eigenvalue weighted by molar-refractivity contribution is 5.94. The Morgan fingerprint density at radius 3 is 2.43 bits per heavy atom. The lowest BCUT2D eigenvalue weighted by Crippen LogP contribution is -2.34. The molecule has 0 radical (unpaired) electrons. The lowest BCUT2D eigenvalue weighted by Gasteiger charge is -2.24. The van der Waals surface area contributed by atoms with E-state index in [4.69, 9.17) is 9.47 Å². The van der Waals surface area contributed by atoms with E-state index in [2.05, 4.69) is 12.1 Å². The highest BCUT2D eigenvalue weighted by Crippen LogP contribution is 2.43. The molecule has 1 spiro atoms. The Bertz CT molecular complexity index is 1000. The zero-order chi connectivity index (χ0) is 19.0. The molecular formula is C24H21NO3. The number of likely N-dealkylation sites (tertiary alicyclic amines) is 1. The second kappa shape index (κ2) is 6.80. The van der Waals surface area contributed by atoms with Crippen molar-refractivity contribution in [1.82, 2.24) is 4.90 Å². The number of hydrogen-bond acceptors (Lipinski definition) is 3. The molecule has 1 fully saturated rings. The Labute approximate surface area is 164 Å². The Balaban J connectivity index is 1.30. The summed E-state index contributed by atoms with van der Waals surface area (Å²) in [5.41, 5.74) is 2.79. The maximum absolute atomic E-state index is 13.0. The van der Waals surface area contributed by atoms with E-state index < -0.39 is 0 Å². The van der Waals surface area contributed by atoms with E-state index >= 15 is 0 Å². The SMILES string of the molecule is O=C(c1ccc(Oc2ccccc2)cc1)N1CC[C@@]2(C1)OCc1ccccc12. The molecule has 3 aromatic rings. The number of nitrogens with zero attached hydrogens (tertiary/aromatic N) is 1. The van der Waals surface area contributed by atoms with Crippen LogP contribution in [-0.2, 0) is 16.9 Å². The van der Waals surface area contributed by atoms with Gasteiger partial charge in [0.1, 0.15) is 17.1 Å². The number of benzene rings is 3. The van der Waals surface area contributed by atoms with Crippen molar-refractivity contribution in [3.63, 3.8) is 0 Å². The van der Waals surface area contributed by atoms with Gasteiger partial charge in [0.15, 0.2) is 0 Å². The Morgan fingerprint density at radius 1 is 0.893 bits per heavy atom. The van der Waals surface area contributed by atoms with Crippen molar-refractivity contribution < 1.29 is 14.3 Å². The fourth-order valence-corrected chi connectivity index (χ4v) is 4.15. The standard InChI is InChI=1S/C24H21NO3/c26-23(18-10-12-21(13-11-18)28-20-7-2-1-3-8-20)25-15-14-24(17-25)22-9-5-4-6-19(22)16-27-24/h1-13H,14-17H2/t24-/m0/s1. The minimum atomic E-state index is -0.345. The van der Waals surface area contributed by atoms with E-state index in [0.717, 1.165) is 12.2 Å². The molecule has 0 N–H and O–H groups in total. The molecule has 0 bridgehead atoms. The number of hydrogen-bond donors (Lipinski definition) is 0. The summed E-state index contributed by atoms with van der Waals surface area (Å²) < 4.78 is 12.0. The first-order chi connectivity index (χ1) is 13.7. The summed E-state index contributed by atoms with van der Waals surface area (Å²) in [4.78, 5) is 14.9. The number of fused-ring (bicyclic) bond motifs is 2. The third-order valence-electron chi connectivity index (χ3n) is 5.61. The van der Waals surface area contributed by atoms with Gasteiger partial charge in [-0.1, -0.05) is 42.5 Å². The minimum Gasteiger partial charge on any atom is -0.457 e. The van der Waals surface area contributed by atoms with E-state index in [9.17, 15) is 4.79 Å². The van der Waals surface area contributed by atoms with Crippen LogP contribution in [-0.4, -0.2) is 23.9 Å². The summed E-state index contributed by atoms with van der Waals surface area (Å²) in [5.74, 6) is 1.53. The molecule has 0 aliphatic carbocycles. The van der Waals surface area contributed by atoms with Crippen LogP contribution < -0.4 is 4.74 Å². The number of ether oxygens (including phenoxy) is 2. The van der Waals surface area contributed by atoms with Crippen molar-refractivity contribution in [1.29, 1.82) is 0 Å². The molecule has 28 heavy (non-hydrogen) atoms. The van der Waals surface area contributed by atoms with Crippen LogP contribution in [0.25, 0.3) is 0 Å². The van der Waals surface area contributed by atoms with Crippen LogP contribution in [0.2, 0.25) is 0 Å². The molecule has 2 heterocycles. The first-order valence-electron chi connectivity index (χ1n) is 9.58. The van der Waals surface area contributed by atoms with E-state index in [-0.39, 0.29) is 11.5 Å². The van der Waals surface area contributed by atoms with Gasteiger partial charge in [-0.25, -0.2) is 0 Å². The summed E-state index contributed by atoms with van der Waals surface area (Å²) in [5, 5.41) is 0. The predicted octanol–water partition coefficient (Wildman–Crippen LogP) is 4.75. The summed E-state index contributed by atoms with van der Waals surface area (Å²) in [7, 11) is 0. The maximum atomic E-state index is 13.0. The fraction of sp³-hybridized carbons (Fsp3) is 0.208. The zero-order valence-electron chi connectivity index (χ0n) is 15.5. The third kappa shape index (κ3) is 2.96. The van der Waals surface area contributed by atoms with Crippen LogP contribution >= 0.6 is 0 Å². The third-order valence-corrected chi connectivity index (χ3v) is 5.61. The van der Waals surface area contributed by atoms with Gasteiger partial charge < -0.3 is 14.4 Å². The van der Waals surface area contributed by atoms with Crippen LogP contribution in [0.1, 0.15) is 27.9 Å². The molecule has 0 saturated carbocycles. The number of amides is 1. The highest BCUT2D eigenvalue weighted by atomic mass is 16.5. The van der Waals surface area contributed by atoms with Crippen molar-refractivity contribution in [2.45, 2.75) is 18.6 Å². The van der Waals surface area contributed by atoms with Crippen molar-refractivity contribution in [2.75, 3.05) is 13.1 Å². The molecule has 1 atom stereocenters. The summed E-state index contributed by atoms with van der Waals surface area (Å²) in [6.07, 6.45) is 0.838. The molecule has 5 rings (SSSR count). The molecule has 1 saturated heterocycles. The number of carbonyl (C=O) groups is 1. The summed E-state index contributed by atoms with van der Waals surface area (Å²) in [6.45, 7) is 1.93. The van der Waals surface area contributed by atoms with Crippen LogP contribution in [0, 0.1) is 0 Å². The molecule has 0 unspecified atom stereocenters. The molecule has 1 amide bonds. The zero-order valence-corrected chi connectivity index (χ0v) is 15.5. The van der Waals surface area contributed by atoms with Gasteiger partial charge >= 0.3 is 0 Å². The summed E-state index contributed by atoms with van der Waals surface area (Å²) in [6, 6.07) is 25.3. The van der Waals surface area contributed by atoms with Gasteiger partial charge in [-0.3, -0.25) is 4.79 Å². The molecule has 0 aromatic heterocycles. The monoisotopic (exact) mass is 371 g/mol. The van der Waals surface area contributed by atoms with E-state index in [1.54, 1.807) is 0 Å². The Hall–Kier alpha value is -3.11. The van der Waals surface area contributed by atoms with Gasteiger partial charge in [-0.2, -0.15) is 0 Å². The van der Waals surface area contributed by atoms with Crippen molar-refractivity contribution >= 4 is 5.91 Å². The van der Waals surface area contributed by atoms with Crippen molar-refractivity contribution in [2.24, 2.45) is 0 Å². The van der Waals surface area contributed by atoms with Crippen LogP contribution in [0.4, 0.5) is 0 Å². The van der Waals surface area contributed by atoms with Crippen molar-refractivity contribution in [3.8, 4) is 11.5 Å². The van der Waals surface area contributed by atoms with Gasteiger partial charge in [0.25, 0.3) is 5.91 Å². The molecule has 140 valence electrons. The average Bonchev–Trinajstić information content (AvgIpc) is 3.34. The van der Waals surface area contributed by atoms with Crippen LogP contribution in [0.15, 0.2) is 78.9 Å². The van der Waals surface area contributed by atoms with Gasteiger partial charge in [0, 0.05) is 12.1 Å². The largest absolute Gasteiger partial charge is 0.457 e. The molecule has 2 aliphatic rings. The first kappa shape index (κ1) is 17.0. The van der Waals surface area contributed by atoms with Gasteiger partial charge in [0.2, 0.25) is 0 Å². The van der Waals surface area contributed by atoms with Crippen LogP contribution in [0.5, 0.6) is 11.5 Å². The lowest BCUT2D eigenvalue weighted by atomic mass is 9.92. The van der Waals surface area contributed by atoms with E-state index in [1.165, 1.54) is 11.1 Å². The Morgan fingerprint density at radius 2 is 1.61 bits per heavy atom. The van der Waals surface area contributed by atoms with Gasteiger partial charge in [-0.15, -0.1) is 0 Å². The molecule has 3 aromatic carbocycles. The molecule has 4 heteroatoms. The molecule has 4 nitrogen and oxygen atoms in total. The van der Waals surface area contributed by atoms with E-state index in [0.29, 0.717) is 31.0 Å². The van der Waals surface area contributed by atoms with Crippen molar-refractivity contribution in [3.05, 3.63) is 95.6 Å². The van der Waals surface area contributed by atoms with Gasteiger partial charge in [-0.05, 0) is 53.9 Å². The minimum absolute atomic E-state index is 0.0381. The number of rotatable bonds is 3. The number of carbonyl (C=O) groups excluding carboxylic acids is 1. The predicted molar refractivity (Wildman–Crippen MR) is 106 cm³/mol. The highest BCUT2D eigenvalue weighted by Gasteiger charge is 2.46. The van der Waals surface area contributed by atoms with Crippen LogP contribution in [0.3, 0.4) is 0 Å². The molecular weight excluding hydrogens is 350 g/mol. The molecule has 2 aliphatic heterocycles. The number of para-hydroxylation sites is 1. The smallest absolute Gasteiger partial charge is 0.253 e. The topological polar surface area (TPSA) is 38.8 Å². The summed E-state index contributed by atoms with van der Waals surface area (Å²) >= 11 is 0. The lowest BCUT2D eigenvalue weighted by molar-refractivity contribution is -0.0282. The maximum Gasteiger partial charge on any atom is 0.253 e. The van der Waals surface area contributed by atoms with E-state index in [1.807, 2.05) is 71.6 Å². The fourth-order valence-electron chi connectivity index (χ4n) is 4.15. The normalized spacial score (nSPS) is 20.4. The average molecular weight is 371 g/mol.